The normalized spacial score (nSPS) is 23.8. The van der Waals surface area contributed by atoms with Gasteiger partial charge in [-0.25, -0.2) is 0 Å². The second kappa shape index (κ2) is 7.29. The molecule has 0 aliphatic carbocycles. The zero-order chi connectivity index (χ0) is 18.1. The number of anilines is 1. The third kappa shape index (κ3) is 4.62. The van der Waals surface area contributed by atoms with Crippen molar-refractivity contribution in [1.29, 1.82) is 0 Å². The maximum atomic E-state index is 13.1. The number of hydrogen-bond acceptors (Lipinski definition) is 3. The van der Waals surface area contributed by atoms with Crippen LogP contribution in [0.15, 0.2) is 18.2 Å². The van der Waals surface area contributed by atoms with Crippen LogP contribution in [0.4, 0.5) is 18.9 Å². The van der Waals surface area contributed by atoms with E-state index in [9.17, 15) is 18.0 Å². The highest BCUT2D eigenvalue weighted by molar-refractivity contribution is 6.30. The average Bonchev–Trinajstić information content (AvgIpc) is 2.46. The average molecular weight is 365 g/mol. The van der Waals surface area contributed by atoms with Gasteiger partial charge in [0.2, 0.25) is 5.91 Å². The molecule has 3 atom stereocenters. The number of alkyl halides is 3. The second-order valence-corrected chi connectivity index (χ2v) is 6.50. The van der Waals surface area contributed by atoms with Crippen molar-refractivity contribution in [3.8, 4) is 0 Å². The lowest BCUT2D eigenvalue weighted by Gasteiger charge is -2.38. The van der Waals surface area contributed by atoms with E-state index in [1.807, 2.05) is 18.7 Å². The second-order valence-electron chi connectivity index (χ2n) is 6.06. The van der Waals surface area contributed by atoms with Gasteiger partial charge in [-0.05, 0) is 39.0 Å². The Bertz CT molecular complexity index is 599. The van der Waals surface area contributed by atoms with Gasteiger partial charge in [0.05, 0.1) is 29.5 Å². The van der Waals surface area contributed by atoms with Crippen LogP contribution in [0.2, 0.25) is 5.02 Å². The highest BCUT2D eigenvalue weighted by atomic mass is 35.5. The molecule has 1 aliphatic heterocycles. The number of rotatable bonds is 3. The highest BCUT2D eigenvalue weighted by Gasteiger charge is 2.35. The molecule has 0 bridgehead atoms. The summed E-state index contributed by atoms with van der Waals surface area (Å²) in [6.07, 6.45) is -4.67. The minimum atomic E-state index is -4.60. The molecule has 1 aliphatic rings. The standard InChI is InChI=1S/C16H20ClF3N2O2/c1-9-7-22(8-10(2)24-9)11(3)15(23)21-14-5-4-12(17)6-13(14)16(18,19)20/h4-6,9-11H,7-8H2,1-3H3,(H,21,23)/t9-,10+,11-/m0/s1. The van der Waals surface area contributed by atoms with Crippen molar-refractivity contribution in [2.75, 3.05) is 18.4 Å². The quantitative estimate of drug-likeness (QED) is 0.887. The lowest BCUT2D eigenvalue weighted by Crippen LogP contribution is -2.52. The Hall–Kier alpha value is -1.31. The number of ether oxygens (including phenoxy) is 1. The van der Waals surface area contributed by atoms with Crippen molar-refractivity contribution in [2.45, 2.75) is 45.2 Å². The lowest BCUT2D eigenvalue weighted by molar-refractivity contribution is -0.137. The summed E-state index contributed by atoms with van der Waals surface area (Å²) in [5, 5.41) is 2.33. The molecule has 1 aromatic rings. The predicted octanol–water partition coefficient (Wildman–Crippen LogP) is 3.80. The number of morpholine rings is 1. The van der Waals surface area contributed by atoms with Crippen LogP contribution in [0.25, 0.3) is 0 Å². The van der Waals surface area contributed by atoms with Gasteiger partial charge in [-0.1, -0.05) is 11.6 Å². The first-order valence-electron chi connectivity index (χ1n) is 7.65. The van der Waals surface area contributed by atoms with Gasteiger partial charge in [-0.2, -0.15) is 13.2 Å². The first-order valence-corrected chi connectivity index (χ1v) is 8.03. The number of nitrogens with zero attached hydrogens (tertiary/aromatic N) is 1. The Morgan fingerprint density at radius 1 is 1.33 bits per heavy atom. The summed E-state index contributed by atoms with van der Waals surface area (Å²) in [5.41, 5.74) is -1.25. The first-order chi connectivity index (χ1) is 11.1. The first kappa shape index (κ1) is 19.0. The zero-order valence-corrected chi connectivity index (χ0v) is 14.4. The molecule has 24 heavy (non-hydrogen) atoms. The largest absolute Gasteiger partial charge is 0.418 e. The molecule has 2 rings (SSSR count). The van der Waals surface area contributed by atoms with Crippen LogP contribution in [0.1, 0.15) is 26.3 Å². The fraction of sp³-hybridized carbons (Fsp3) is 0.562. The van der Waals surface area contributed by atoms with Crippen LogP contribution in [0, 0.1) is 0 Å². The molecule has 1 N–H and O–H groups in total. The Labute approximate surface area is 143 Å². The number of hydrogen-bond donors (Lipinski definition) is 1. The van der Waals surface area contributed by atoms with E-state index in [-0.39, 0.29) is 22.9 Å². The molecule has 1 saturated heterocycles. The molecular weight excluding hydrogens is 345 g/mol. The van der Waals surface area contributed by atoms with Gasteiger partial charge in [-0.15, -0.1) is 0 Å². The molecule has 1 heterocycles. The third-order valence-electron chi connectivity index (χ3n) is 3.92. The summed E-state index contributed by atoms with van der Waals surface area (Å²) >= 11 is 5.64. The number of nitrogens with one attached hydrogen (secondary N) is 1. The van der Waals surface area contributed by atoms with E-state index in [0.717, 1.165) is 6.07 Å². The predicted molar refractivity (Wildman–Crippen MR) is 86.1 cm³/mol. The Balaban J connectivity index is 2.15. The van der Waals surface area contributed by atoms with Crippen LogP contribution in [0.3, 0.4) is 0 Å². The molecule has 0 aromatic heterocycles. The van der Waals surface area contributed by atoms with Gasteiger partial charge in [0.25, 0.3) is 0 Å². The highest BCUT2D eigenvalue weighted by Crippen LogP contribution is 2.36. The van der Waals surface area contributed by atoms with Crippen molar-refractivity contribution < 1.29 is 22.7 Å². The maximum absolute atomic E-state index is 13.1. The summed E-state index contributed by atoms with van der Waals surface area (Å²) in [4.78, 5) is 14.3. The van der Waals surface area contributed by atoms with E-state index in [0.29, 0.717) is 13.1 Å². The van der Waals surface area contributed by atoms with Gasteiger partial charge >= 0.3 is 6.18 Å². The van der Waals surface area contributed by atoms with Crippen molar-refractivity contribution in [2.24, 2.45) is 0 Å². The van der Waals surface area contributed by atoms with Gasteiger partial charge < -0.3 is 10.1 Å². The van der Waals surface area contributed by atoms with Crippen molar-refractivity contribution in [3.05, 3.63) is 28.8 Å². The van der Waals surface area contributed by atoms with Crippen LogP contribution in [-0.2, 0) is 15.7 Å². The molecule has 0 unspecified atom stereocenters. The number of amides is 1. The molecular formula is C16H20ClF3N2O2. The van der Waals surface area contributed by atoms with E-state index in [1.165, 1.54) is 12.1 Å². The van der Waals surface area contributed by atoms with E-state index in [1.54, 1.807) is 6.92 Å². The summed E-state index contributed by atoms with van der Waals surface area (Å²) in [6.45, 7) is 6.56. The SMILES string of the molecule is C[C@@H]1CN([C@@H](C)C(=O)Nc2ccc(Cl)cc2C(F)(F)F)C[C@H](C)O1. The fourth-order valence-electron chi connectivity index (χ4n) is 2.80. The van der Waals surface area contributed by atoms with Crippen LogP contribution < -0.4 is 5.32 Å². The smallest absolute Gasteiger partial charge is 0.373 e. The molecule has 4 nitrogen and oxygen atoms in total. The maximum Gasteiger partial charge on any atom is 0.418 e. The molecule has 8 heteroatoms. The summed E-state index contributed by atoms with van der Waals surface area (Å²) in [6, 6.07) is 2.72. The number of halogens is 4. The van der Waals surface area contributed by atoms with E-state index in [2.05, 4.69) is 5.32 Å². The molecule has 1 amide bonds. The van der Waals surface area contributed by atoms with Crippen LogP contribution >= 0.6 is 11.6 Å². The topological polar surface area (TPSA) is 41.6 Å². The summed E-state index contributed by atoms with van der Waals surface area (Å²) < 4.78 is 44.9. The fourth-order valence-corrected chi connectivity index (χ4v) is 2.97. The van der Waals surface area contributed by atoms with Crippen LogP contribution in [0.5, 0.6) is 0 Å². The third-order valence-corrected chi connectivity index (χ3v) is 4.15. The molecule has 134 valence electrons. The molecule has 0 radical (unpaired) electrons. The Kier molecular flexibility index (Phi) is 5.78. The van der Waals surface area contributed by atoms with Crippen molar-refractivity contribution >= 4 is 23.2 Å². The van der Waals surface area contributed by atoms with Crippen LogP contribution in [-0.4, -0.2) is 42.1 Å². The van der Waals surface area contributed by atoms with E-state index in [4.69, 9.17) is 16.3 Å². The summed E-state index contributed by atoms with van der Waals surface area (Å²) in [5.74, 6) is -0.496. The Morgan fingerprint density at radius 3 is 2.46 bits per heavy atom. The number of carbonyl (C=O) groups excluding carboxylic acids is 1. The molecule has 1 fully saturated rings. The minimum Gasteiger partial charge on any atom is -0.373 e. The summed E-state index contributed by atoms with van der Waals surface area (Å²) in [7, 11) is 0. The number of benzene rings is 1. The number of carbonyl (C=O) groups is 1. The van der Waals surface area contributed by atoms with Crippen molar-refractivity contribution in [3.63, 3.8) is 0 Å². The van der Waals surface area contributed by atoms with Gasteiger partial charge in [0.1, 0.15) is 0 Å². The van der Waals surface area contributed by atoms with E-state index >= 15 is 0 Å². The molecule has 1 aromatic carbocycles. The van der Waals surface area contributed by atoms with Crippen molar-refractivity contribution in [1.82, 2.24) is 4.90 Å². The molecule has 0 saturated carbocycles. The zero-order valence-electron chi connectivity index (χ0n) is 13.7. The van der Waals surface area contributed by atoms with Gasteiger partial charge in [-0.3, -0.25) is 9.69 Å². The van der Waals surface area contributed by atoms with E-state index < -0.39 is 23.7 Å². The van der Waals surface area contributed by atoms with Gasteiger partial charge in [0.15, 0.2) is 0 Å². The minimum absolute atomic E-state index is 0.0368. The monoisotopic (exact) mass is 364 g/mol. The molecule has 0 spiro atoms. The lowest BCUT2D eigenvalue weighted by atomic mass is 10.1. The van der Waals surface area contributed by atoms with Gasteiger partial charge in [0, 0.05) is 18.1 Å². The Morgan fingerprint density at radius 2 is 1.92 bits per heavy atom.